The minimum Gasteiger partial charge on any atom is -0.481 e. The van der Waals surface area contributed by atoms with E-state index in [4.69, 9.17) is 5.11 Å². The van der Waals surface area contributed by atoms with Crippen LogP contribution in [0.15, 0.2) is 0 Å². The molecule has 1 rings (SSSR count). The fraction of sp³-hybridized carbons (Fsp3) is 0.444. The van der Waals surface area contributed by atoms with Gasteiger partial charge in [-0.3, -0.25) is 20.2 Å². The first-order valence-electron chi connectivity index (χ1n) is 5.10. The number of rotatable bonds is 5. The molecule has 0 unspecified atom stereocenters. The summed E-state index contributed by atoms with van der Waals surface area (Å²) in [7, 11) is 0. The molecule has 3 N–H and O–H groups in total. The van der Waals surface area contributed by atoms with E-state index in [1.807, 2.05) is 0 Å². The molecular formula is C9H12N4O4S. The van der Waals surface area contributed by atoms with Crippen molar-refractivity contribution in [2.45, 2.75) is 26.2 Å². The van der Waals surface area contributed by atoms with E-state index in [0.29, 0.717) is 11.0 Å². The number of nitrogens with one attached hydrogen (secondary N) is 2. The molecule has 1 aromatic rings. The number of aliphatic carboxylic acids is 1. The summed E-state index contributed by atoms with van der Waals surface area (Å²) in [4.78, 5) is 36.7. The Morgan fingerprint density at radius 3 is 2.61 bits per heavy atom. The lowest BCUT2D eigenvalue weighted by molar-refractivity contribution is -0.137. The molecule has 8 nitrogen and oxygen atoms in total. The van der Waals surface area contributed by atoms with Gasteiger partial charge in [0, 0.05) is 24.4 Å². The first-order chi connectivity index (χ1) is 8.47. The Labute approximate surface area is 107 Å². The zero-order valence-corrected chi connectivity index (χ0v) is 10.4. The van der Waals surface area contributed by atoms with E-state index in [-0.39, 0.29) is 19.3 Å². The maximum absolute atomic E-state index is 11.3. The molecule has 0 aliphatic heterocycles. The molecule has 0 aliphatic carbocycles. The number of imide groups is 1. The Morgan fingerprint density at radius 1 is 1.33 bits per heavy atom. The van der Waals surface area contributed by atoms with Crippen LogP contribution in [0.4, 0.5) is 9.93 Å². The van der Waals surface area contributed by atoms with Crippen molar-refractivity contribution < 1.29 is 19.5 Å². The quantitative estimate of drug-likeness (QED) is 0.727. The van der Waals surface area contributed by atoms with Crippen LogP contribution in [0.2, 0.25) is 0 Å². The minimum atomic E-state index is -0.975. The number of carboxylic acid groups (broad SMARTS) is 1. The van der Waals surface area contributed by atoms with Gasteiger partial charge in [-0.15, -0.1) is 0 Å². The molecule has 0 bridgehead atoms. The summed E-state index contributed by atoms with van der Waals surface area (Å²) in [6, 6.07) is -0.702. The number of carboxylic acids is 1. The summed E-state index contributed by atoms with van der Waals surface area (Å²) in [5.41, 5.74) is 0. The van der Waals surface area contributed by atoms with Crippen LogP contribution in [0.25, 0.3) is 0 Å². The molecule has 0 saturated carbocycles. The summed E-state index contributed by atoms with van der Waals surface area (Å²) in [5.74, 6) is -0.977. The van der Waals surface area contributed by atoms with Gasteiger partial charge < -0.3 is 5.11 Å². The predicted octanol–water partition coefficient (Wildman–Crippen LogP) is 0.750. The Hall–Kier alpha value is -2.03. The number of hydrogen-bond donors (Lipinski definition) is 3. The van der Waals surface area contributed by atoms with E-state index in [0.717, 1.165) is 11.5 Å². The number of hydrogen-bond acceptors (Lipinski definition) is 6. The molecular weight excluding hydrogens is 260 g/mol. The zero-order chi connectivity index (χ0) is 13.5. The molecule has 9 heteroatoms. The zero-order valence-electron chi connectivity index (χ0n) is 9.60. The average Bonchev–Trinajstić information content (AvgIpc) is 2.62. The summed E-state index contributed by atoms with van der Waals surface area (Å²) >= 11 is 1.00. The largest absolute Gasteiger partial charge is 0.481 e. The molecule has 1 heterocycles. The van der Waals surface area contributed by atoms with E-state index in [2.05, 4.69) is 20.0 Å². The molecule has 0 fully saturated rings. The SMILES string of the molecule is Cc1nsc(NC(=O)NC(=O)CCCC(=O)O)n1. The second kappa shape index (κ2) is 6.64. The van der Waals surface area contributed by atoms with E-state index < -0.39 is 17.9 Å². The van der Waals surface area contributed by atoms with Crippen LogP contribution in [-0.4, -0.2) is 32.4 Å². The number of aromatic nitrogens is 2. The van der Waals surface area contributed by atoms with Crippen molar-refractivity contribution in [3.8, 4) is 0 Å². The summed E-state index contributed by atoms with van der Waals surface area (Å²) < 4.78 is 3.86. The van der Waals surface area contributed by atoms with Gasteiger partial charge >= 0.3 is 12.0 Å². The molecule has 0 aliphatic rings. The molecule has 1 aromatic heterocycles. The monoisotopic (exact) mass is 272 g/mol. The van der Waals surface area contributed by atoms with Crippen LogP contribution in [-0.2, 0) is 9.59 Å². The minimum absolute atomic E-state index is 0.0190. The highest BCUT2D eigenvalue weighted by Crippen LogP contribution is 2.09. The topological polar surface area (TPSA) is 121 Å². The third-order valence-electron chi connectivity index (χ3n) is 1.80. The molecule has 0 aromatic carbocycles. The average molecular weight is 272 g/mol. The van der Waals surface area contributed by atoms with E-state index in [1.165, 1.54) is 0 Å². The van der Waals surface area contributed by atoms with Gasteiger partial charge in [0.2, 0.25) is 11.0 Å². The normalized spacial score (nSPS) is 9.83. The smallest absolute Gasteiger partial charge is 0.327 e. The van der Waals surface area contributed by atoms with Crippen molar-refractivity contribution in [2.75, 3.05) is 5.32 Å². The van der Waals surface area contributed by atoms with Gasteiger partial charge in [-0.1, -0.05) is 0 Å². The first-order valence-corrected chi connectivity index (χ1v) is 5.87. The van der Waals surface area contributed by atoms with Crippen molar-refractivity contribution in [2.24, 2.45) is 0 Å². The second-order valence-electron chi connectivity index (χ2n) is 3.40. The lowest BCUT2D eigenvalue weighted by atomic mass is 10.2. The number of urea groups is 1. The summed E-state index contributed by atoms with van der Waals surface area (Å²) in [6.45, 7) is 1.68. The first kappa shape index (κ1) is 14.0. The fourth-order valence-electron chi connectivity index (χ4n) is 1.07. The van der Waals surface area contributed by atoms with Crippen molar-refractivity contribution in [3.63, 3.8) is 0 Å². The van der Waals surface area contributed by atoms with Crippen molar-refractivity contribution in [3.05, 3.63) is 5.82 Å². The van der Waals surface area contributed by atoms with Gasteiger partial charge in [0.05, 0.1) is 0 Å². The number of carbonyl (C=O) groups is 3. The Balaban J connectivity index is 2.27. The maximum Gasteiger partial charge on any atom is 0.327 e. The summed E-state index contributed by atoms with van der Waals surface area (Å²) in [5, 5.41) is 13.1. The molecule has 0 atom stereocenters. The second-order valence-corrected chi connectivity index (χ2v) is 4.15. The highest BCUT2D eigenvalue weighted by Gasteiger charge is 2.10. The maximum atomic E-state index is 11.3. The number of amides is 3. The van der Waals surface area contributed by atoms with Crippen molar-refractivity contribution >= 4 is 34.6 Å². The molecule has 0 spiro atoms. The standard InChI is InChI=1S/C9H12N4O4S/c1-5-10-9(18-13-5)12-8(17)11-6(14)3-2-4-7(15)16/h2-4H2,1H3,(H,15,16)(H2,10,11,12,13,14,17). The van der Waals surface area contributed by atoms with Crippen LogP contribution < -0.4 is 10.6 Å². The van der Waals surface area contributed by atoms with Crippen molar-refractivity contribution in [1.29, 1.82) is 0 Å². The van der Waals surface area contributed by atoms with Crippen LogP contribution in [0.1, 0.15) is 25.1 Å². The Kier molecular flexibility index (Phi) is 5.18. The van der Waals surface area contributed by atoms with E-state index in [9.17, 15) is 14.4 Å². The van der Waals surface area contributed by atoms with E-state index in [1.54, 1.807) is 6.92 Å². The fourth-order valence-corrected chi connectivity index (χ4v) is 1.64. The number of nitrogens with zero attached hydrogens (tertiary/aromatic N) is 2. The van der Waals surface area contributed by atoms with Gasteiger partial charge in [-0.2, -0.15) is 4.37 Å². The van der Waals surface area contributed by atoms with Crippen LogP contribution in [0, 0.1) is 6.92 Å². The third kappa shape index (κ3) is 5.34. The molecule has 3 amide bonds. The van der Waals surface area contributed by atoms with Crippen LogP contribution >= 0.6 is 11.5 Å². The lowest BCUT2D eigenvalue weighted by Gasteiger charge is -2.02. The van der Waals surface area contributed by atoms with Crippen LogP contribution in [0.3, 0.4) is 0 Å². The van der Waals surface area contributed by atoms with Crippen LogP contribution in [0.5, 0.6) is 0 Å². The van der Waals surface area contributed by atoms with Gasteiger partial charge in [0.15, 0.2) is 0 Å². The molecule has 0 radical (unpaired) electrons. The molecule has 98 valence electrons. The third-order valence-corrected chi connectivity index (χ3v) is 2.52. The van der Waals surface area contributed by atoms with Gasteiger partial charge in [0.25, 0.3) is 0 Å². The molecule has 18 heavy (non-hydrogen) atoms. The van der Waals surface area contributed by atoms with Gasteiger partial charge in [-0.05, 0) is 13.3 Å². The molecule has 0 saturated heterocycles. The highest BCUT2D eigenvalue weighted by molar-refractivity contribution is 7.09. The van der Waals surface area contributed by atoms with Gasteiger partial charge in [-0.25, -0.2) is 9.78 Å². The number of anilines is 1. The number of aryl methyl sites for hydroxylation is 1. The summed E-state index contributed by atoms with van der Waals surface area (Å²) in [6.07, 6.45) is 0.0614. The lowest BCUT2D eigenvalue weighted by Crippen LogP contribution is -2.34. The van der Waals surface area contributed by atoms with E-state index >= 15 is 0 Å². The Bertz CT molecular complexity index is 459. The van der Waals surface area contributed by atoms with Gasteiger partial charge in [0.1, 0.15) is 5.82 Å². The van der Waals surface area contributed by atoms with Crippen molar-refractivity contribution in [1.82, 2.24) is 14.7 Å². The Morgan fingerprint density at radius 2 is 2.06 bits per heavy atom. The predicted molar refractivity (Wildman–Crippen MR) is 63.3 cm³/mol. The highest BCUT2D eigenvalue weighted by atomic mass is 32.1. The number of carbonyl (C=O) groups excluding carboxylic acids is 2.